The molecule has 1 aliphatic heterocycles. The Bertz CT molecular complexity index is 411. The number of nitrogens with one attached hydrogen (secondary N) is 2. The summed E-state index contributed by atoms with van der Waals surface area (Å²) in [5, 5.41) is 5.98. The number of ether oxygens (including phenoxy) is 1. The van der Waals surface area contributed by atoms with Gasteiger partial charge in [-0.2, -0.15) is 0 Å². The fourth-order valence-corrected chi connectivity index (χ4v) is 2.47. The SMILES string of the molecule is Cl.O=C(CNCC1CCCO1)Nc1cccc(I)c1. The zero-order valence-corrected chi connectivity index (χ0v) is 13.5. The highest BCUT2D eigenvalue weighted by Gasteiger charge is 2.15. The lowest BCUT2D eigenvalue weighted by atomic mass is 10.2. The van der Waals surface area contributed by atoms with E-state index in [0.29, 0.717) is 6.54 Å². The second-order valence-electron chi connectivity index (χ2n) is 4.32. The number of hydrogen-bond acceptors (Lipinski definition) is 3. The summed E-state index contributed by atoms with van der Waals surface area (Å²) in [6.45, 7) is 1.92. The Morgan fingerprint density at radius 3 is 3.00 bits per heavy atom. The molecule has 1 heterocycles. The molecule has 1 unspecified atom stereocenters. The quantitative estimate of drug-likeness (QED) is 0.752. The summed E-state index contributed by atoms with van der Waals surface area (Å²) in [5.74, 6) is -0.0185. The molecule has 0 bridgehead atoms. The Balaban J connectivity index is 0.00000180. The first-order chi connectivity index (χ1) is 8.74. The number of carbonyl (C=O) groups is 1. The van der Waals surface area contributed by atoms with Crippen molar-refractivity contribution >= 4 is 46.6 Å². The summed E-state index contributed by atoms with van der Waals surface area (Å²) < 4.78 is 6.58. The van der Waals surface area contributed by atoms with Crippen molar-refractivity contribution in [3.05, 3.63) is 27.8 Å². The van der Waals surface area contributed by atoms with E-state index in [0.717, 1.165) is 35.3 Å². The summed E-state index contributed by atoms with van der Waals surface area (Å²) in [7, 11) is 0. The Hall–Kier alpha value is -0.370. The van der Waals surface area contributed by atoms with E-state index < -0.39 is 0 Å². The molecule has 0 spiro atoms. The van der Waals surface area contributed by atoms with Crippen LogP contribution in [-0.4, -0.2) is 31.7 Å². The molecule has 2 rings (SSSR count). The van der Waals surface area contributed by atoms with Crippen LogP contribution in [-0.2, 0) is 9.53 Å². The lowest BCUT2D eigenvalue weighted by Crippen LogP contribution is -2.33. The number of hydrogen-bond donors (Lipinski definition) is 2. The zero-order valence-electron chi connectivity index (χ0n) is 10.5. The van der Waals surface area contributed by atoms with E-state index in [1.807, 2.05) is 24.3 Å². The average Bonchev–Trinajstić information content (AvgIpc) is 2.82. The predicted molar refractivity (Wildman–Crippen MR) is 86.9 cm³/mol. The van der Waals surface area contributed by atoms with Gasteiger partial charge in [-0.1, -0.05) is 6.07 Å². The van der Waals surface area contributed by atoms with Crippen molar-refractivity contribution in [2.24, 2.45) is 0 Å². The van der Waals surface area contributed by atoms with E-state index >= 15 is 0 Å². The molecular formula is C13H18ClIN2O2. The number of rotatable bonds is 5. The van der Waals surface area contributed by atoms with Crippen molar-refractivity contribution in [2.75, 3.05) is 25.0 Å². The number of benzene rings is 1. The van der Waals surface area contributed by atoms with Crippen LogP contribution in [0.1, 0.15) is 12.8 Å². The third-order valence-electron chi connectivity index (χ3n) is 2.79. The summed E-state index contributed by atoms with van der Waals surface area (Å²) in [6, 6.07) is 7.75. The molecule has 0 saturated carbocycles. The Morgan fingerprint density at radius 2 is 2.32 bits per heavy atom. The van der Waals surface area contributed by atoms with E-state index in [9.17, 15) is 4.79 Å². The van der Waals surface area contributed by atoms with Gasteiger partial charge in [-0.3, -0.25) is 4.79 Å². The van der Waals surface area contributed by atoms with Crippen LogP contribution in [0.25, 0.3) is 0 Å². The third-order valence-corrected chi connectivity index (χ3v) is 3.46. The predicted octanol–water partition coefficient (Wildman–Crippen LogP) is 2.42. The van der Waals surface area contributed by atoms with Crippen molar-refractivity contribution in [1.82, 2.24) is 5.32 Å². The molecule has 4 nitrogen and oxygen atoms in total. The summed E-state index contributed by atoms with van der Waals surface area (Å²) in [6.07, 6.45) is 2.49. The van der Waals surface area contributed by atoms with Crippen LogP contribution in [0.15, 0.2) is 24.3 Å². The zero-order chi connectivity index (χ0) is 12.8. The maximum atomic E-state index is 11.7. The van der Waals surface area contributed by atoms with Gasteiger partial charge in [-0.25, -0.2) is 0 Å². The molecule has 1 amide bonds. The van der Waals surface area contributed by atoms with Crippen molar-refractivity contribution in [1.29, 1.82) is 0 Å². The molecule has 0 aliphatic carbocycles. The molecule has 19 heavy (non-hydrogen) atoms. The summed E-state index contributed by atoms with van der Waals surface area (Å²) in [5.41, 5.74) is 0.839. The molecule has 106 valence electrons. The maximum Gasteiger partial charge on any atom is 0.238 e. The molecule has 1 aromatic rings. The van der Waals surface area contributed by atoms with E-state index in [4.69, 9.17) is 4.74 Å². The van der Waals surface area contributed by atoms with Crippen LogP contribution >= 0.6 is 35.0 Å². The van der Waals surface area contributed by atoms with Gasteiger partial charge < -0.3 is 15.4 Å². The standard InChI is InChI=1S/C13H17IN2O2.ClH/c14-10-3-1-4-11(7-10)16-13(17)9-15-8-12-5-2-6-18-12;/h1,3-4,7,12,15H,2,5-6,8-9H2,(H,16,17);1H. The molecule has 6 heteroatoms. The molecule has 0 aromatic heterocycles. The highest BCUT2D eigenvalue weighted by Crippen LogP contribution is 2.12. The van der Waals surface area contributed by atoms with Gasteiger partial charge >= 0.3 is 0 Å². The Kier molecular flexibility index (Phi) is 7.67. The highest BCUT2D eigenvalue weighted by molar-refractivity contribution is 14.1. The molecule has 1 aromatic carbocycles. The largest absolute Gasteiger partial charge is 0.377 e. The Labute approximate surface area is 133 Å². The van der Waals surface area contributed by atoms with Gasteiger partial charge in [0.05, 0.1) is 12.6 Å². The molecule has 1 aliphatic rings. The highest BCUT2D eigenvalue weighted by atomic mass is 127. The van der Waals surface area contributed by atoms with E-state index in [1.165, 1.54) is 0 Å². The number of carbonyl (C=O) groups excluding carboxylic acids is 1. The second kappa shape index (κ2) is 8.73. The van der Waals surface area contributed by atoms with Gasteiger partial charge in [0.25, 0.3) is 0 Å². The van der Waals surface area contributed by atoms with E-state index in [1.54, 1.807) is 0 Å². The van der Waals surface area contributed by atoms with Crippen LogP contribution in [0.2, 0.25) is 0 Å². The van der Waals surface area contributed by atoms with Crippen LogP contribution in [0.3, 0.4) is 0 Å². The van der Waals surface area contributed by atoms with Crippen molar-refractivity contribution in [2.45, 2.75) is 18.9 Å². The minimum atomic E-state index is -0.0185. The monoisotopic (exact) mass is 396 g/mol. The van der Waals surface area contributed by atoms with Gasteiger partial charge in [0, 0.05) is 22.4 Å². The first-order valence-corrected chi connectivity index (χ1v) is 7.19. The lowest BCUT2D eigenvalue weighted by Gasteiger charge is -2.11. The minimum absolute atomic E-state index is 0. The number of anilines is 1. The van der Waals surface area contributed by atoms with Crippen molar-refractivity contribution < 1.29 is 9.53 Å². The normalized spacial score (nSPS) is 17.8. The molecule has 1 atom stereocenters. The smallest absolute Gasteiger partial charge is 0.238 e. The molecule has 1 fully saturated rings. The number of halogens is 2. The van der Waals surface area contributed by atoms with E-state index in [-0.39, 0.29) is 24.4 Å². The molecule has 2 N–H and O–H groups in total. The Morgan fingerprint density at radius 1 is 1.47 bits per heavy atom. The van der Waals surface area contributed by atoms with Crippen LogP contribution in [0.4, 0.5) is 5.69 Å². The minimum Gasteiger partial charge on any atom is -0.377 e. The molecule has 0 radical (unpaired) electrons. The average molecular weight is 397 g/mol. The first-order valence-electron chi connectivity index (χ1n) is 6.12. The first kappa shape index (κ1) is 16.7. The van der Waals surface area contributed by atoms with Gasteiger partial charge in [0.2, 0.25) is 5.91 Å². The van der Waals surface area contributed by atoms with Gasteiger partial charge in [0.1, 0.15) is 0 Å². The van der Waals surface area contributed by atoms with Crippen LogP contribution in [0, 0.1) is 3.57 Å². The fourth-order valence-electron chi connectivity index (χ4n) is 1.92. The van der Waals surface area contributed by atoms with Gasteiger partial charge in [-0.05, 0) is 53.6 Å². The molecular weight excluding hydrogens is 379 g/mol. The molecule has 1 saturated heterocycles. The van der Waals surface area contributed by atoms with Gasteiger partial charge in [0.15, 0.2) is 0 Å². The van der Waals surface area contributed by atoms with Crippen LogP contribution in [0.5, 0.6) is 0 Å². The lowest BCUT2D eigenvalue weighted by molar-refractivity contribution is -0.115. The maximum absolute atomic E-state index is 11.7. The summed E-state index contributed by atoms with van der Waals surface area (Å²) >= 11 is 2.22. The van der Waals surface area contributed by atoms with Crippen LogP contribution < -0.4 is 10.6 Å². The van der Waals surface area contributed by atoms with E-state index in [2.05, 4.69) is 33.2 Å². The third kappa shape index (κ3) is 6.07. The number of amides is 1. The fraction of sp³-hybridized carbons (Fsp3) is 0.462. The van der Waals surface area contributed by atoms with Crippen molar-refractivity contribution in [3.8, 4) is 0 Å². The topological polar surface area (TPSA) is 50.4 Å². The second-order valence-corrected chi connectivity index (χ2v) is 5.57. The van der Waals surface area contributed by atoms with Crippen molar-refractivity contribution in [3.63, 3.8) is 0 Å². The summed E-state index contributed by atoms with van der Waals surface area (Å²) in [4.78, 5) is 11.7. The van der Waals surface area contributed by atoms with Gasteiger partial charge in [-0.15, -0.1) is 12.4 Å².